The van der Waals surface area contributed by atoms with E-state index in [4.69, 9.17) is 15.0 Å². The number of pyridine rings is 1. The average molecular weight is 693 g/mol. The number of rotatable bonds is 7. The molecule has 2 aromatic heterocycles. The van der Waals surface area contributed by atoms with E-state index >= 15 is 0 Å². The fourth-order valence-corrected chi connectivity index (χ4v) is 7.26. The first-order valence-electron chi connectivity index (χ1n) is 18.1. The van der Waals surface area contributed by atoms with Crippen molar-refractivity contribution in [2.45, 2.75) is 6.92 Å². The van der Waals surface area contributed by atoms with Gasteiger partial charge < -0.3 is 4.90 Å². The second-order valence-electron chi connectivity index (χ2n) is 13.4. The molecule has 8 aromatic rings. The monoisotopic (exact) mass is 692 g/mol. The summed E-state index contributed by atoms with van der Waals surface area (Å²) in [6, 6.07) is 57.0. The zero-order valence-electron chi connectivity index (χ0n) is 29.9. The standard InChI is InChI=1S/C50H36N4/c1-34-17-14-15-32-54(34)50-35(2)43-26-12-13-27-44(43)46(53-50)42-25-16-24-41(33-42)36-28-30-40(31-29-36)49-51-47(38-20-8-4-9-21-38)45(37-18-6-3-7-19-37)48(52-49)39-22-10-5-11-23-39/h3-33H,1H2,2H3. The smallest absolute Gasteiger partial charge is 0.160 e. The van der Waals surface area contributed by atoms with Crippen LogP contribution >= 0.6 is 0 Å². The largest absolute Gasteiger partial charge is 0.302 e. The van der Waals surface area contributed by atoms with Crippen LogP contribution in [0.5, 0.6) is 0 Å². The lowest BCUT2D eigenvalue weighted by molar-refractivity contribution is 1.11. The molecule has 0 amide bonds. The van der Waals surface area contributed by atoms with Crippen LogP contribution in [0.1, 0.15) is 5.56 Å². The molecule has 4 nitrogen and oxygen atoms in total. The van der Waals surface area contributed by atoms with Gasteiger partial charge in [-0.25, -0.2) is 15.0 Å². The molecule has 0 aliphatic carbocycles. The van der Waals surface area contributed by atoms with E-state index in [1.807, 2.05) is 42.6 Å². The zero-order valence-corrected chi connectivity index (χ0v) is 29.9. The molecule has 1 aliphatic heterocycles. The molecule has 4 heteroatoms. The molecule has 0 radical (unpaired) electrons. The minimum absolute atomic E-state index is 0.679. The predicted molar refractivity (Wildman–Crippen MR) is 225 cm³/mol. The highest BCUT2D eigenvalue weighted by Gasteiger charge is 2.21. The van der Waals surface area contributed by atoms with Gasteiger partial charge in [-0.3, -0.25) is 0 Å². The van der Waals surface area contributed by atoms with Gasteiger partial charge in [-0.15, -0.1) is 0 Å². The van der Waals surface area contributed by atoms with Gasteiger partial charge in [0.15, 0.2) is 5.82 Å². The zero-order chi connectivity index (χ0) is 36.4. The highest BCUT2D eigenvalue weighted by Crippen LogP contribution is 2.40. The summed E-state index contributed by atoms with van der Waals surface area (Å²) in [7, 11) is 0. The normalized spacial score (nSPS) is 12.4. The Kier molecular flexibility index (Phi) is 8.54. The summed E-state index contributed by atoms with van der Waals surface area (Å²) in [6.07, 6.45) is 8.05. The summed E-state index contributed by atoms with van der Waals surface area (Å²) in [4.78, 5) is 17.9. The van der Waals surface area contributed by atoms with Crippen molar-refractivity contribution in [2.24, 2.45) is 0 Å². The van der Waals surface area contributed by atoms with Crippen LogP contribution in [-0.2, 0) is 0 Å². The van der Waals surface area contributed by atoms with Crippen molar-refractivity contribution in [1.82, 2.24) is 15.0 Å². The third-order valence-corrected chi connectivity index (χ3v) is 9.99. The minimum atomic E-state index is 0.679. The summed E-state index contributed by atoms with van der Waals surface area (Å²) < 4.78 is 0. The summed E-state index contributed by atoms with van der Waals surface area (Å²) in [6.45, 7) is 6.41. The van der Waals surface area contributed by atoms with Gasteiger partial charge >= 0.3 is 0 Å². The Hall–Kier alpha value is -7.17. The molecular weight excluding hydrogens is 657 g/mol. The first-order chi connectivity index (χ1) is 26.6. The van der Waals surface area contributed by atoms with Crippen LogP contribution < -0.4 is 4.90 Å². The van der Waals surface area contributed by atoms with E-state index in [1.54, 1.807) is 0 Å². The van der Waals surface area contributed by atoms with Crippen LogP contribution in [0.15, 0.2) is 200 Å². The maximum atomic E-state index is 5.29. The number of hydrogen-bond donors (Lipinski definition) is 0. The highest BCUT2D eigenvalue weighted by molar-refractivity contribution is 6.00. The highest BCUT2D eigenvalue weighted by atomic mass is 15.2. The van der Waals surface area contributed by atoms with Crippen LogP contribution in [0.4, 0.5) is 5.82 Å². The molecule has 0 N–H and O–H groups in total. The van der Waals surface area contributed by atoms with Crippen molar-refractivity contribution in [3.8, 4) is 67.4 Å². The first kappa shape index (κ1) is 32.7. The molecule has 0 saturated carbocycles. The van der Waals surface area contributed by atoms with Gasteiger partial charge in [-0.1, -0.05) is 170 Å². The Bertz CT molecular complexity index is 2650. The molecule has 256 valence electrons. The quantitative estimate of drug-likeness (QED) is 0.167. The van der Waals surface area contributed by atoms with Gasteiger partial charge in [-0.2, -0.15) is 0 Å². The molecule has 0 bridgehead atoms. The summed E-state index contributed by atoms with van der Waals surface area (Å²) >= 11 is 0. The number of aromatic nitrogens is 3. The van der Waals surface area contributed by atoms with Gasteiger partial charge in [-0.05, 0) is 47.2 Å². The van der Waals surface area contributed by atoms with Crippen molar-refractivity contribution in [1.29, 1.82) is 0 Å². The Morgan fingerprint density at radius 1 is 0.444 bits per heavy atom. The van der Waals surface area contributed by atoms with Crippen molar-refractivity contribution in [2.75, 3.05) is 4.90 Å². The van der Waals surface area contributed by atoms with Gasteiger partial charge in [0.2, 0.25) is 0 Å². The molecule has 0 spiro atoms. The summed E-state index contributed by atoms with van der Waals surface area (Å²) in [5, 5.41) is 2.29. The lowest BCUT2D eigenvalue weighted by atomic mass is 9.94. The Labute approximate surface area is 315 Å². The summed E-state index contributed by atoms with van der Waals surface area (Å²) in [5.74, 6) is 1.56. The number of aryl methyl sites for hydroxylation is 1. The van der Waals surface area contributed by atoms with E-state index in [2.05, 4.69) is 164 Å². The predicted octanol–water partition coefficient (Wildman–Crippen LogP) is 12.7. The fourth-order valence-electron chi connectivity index (χ4n) is 7.26. The van der Waals surface area contributed by atoms with Crippen molar-refractivity contribution < 1.29 is 0 Å². The van der Waals surface area contributed by atoms with Gasteiger partial charge in [0, 0.05) is 50.7 Å². The van der Waals surface area contributed by atoms with Crippen LogP contribution in [0.25, 0.3) is 78.2 Å². The van der Waals surface area contributed by atoms with E-state index in [0.717, 1.165) is 84.1 Å². The SMILES string of the molecule is C=C1C=CC=CN1c1nc(-c2cccc(-c3ccc(-c4nc(-c5ccccc5)c(-c5ccccc5)c(-c5ccccc5)n4)cc3)c2)c2ccccc2c1C. The molecule has 0 atom stereocenters. The van der Waals surface area contributed by atoms with Crippen LogP contribution in [0.3, 0.4) is 0 Å². The van der Waals surface area contributed by atoms with Crippen molar-refractivity contribution in [3.63, 3.8) is 0 Å². The second-order valence-corrected chi connectivity index (χ2v) is 13.4. The van der Waals surface area contributed by atoms with E-state index in [0.29, 0.717) is 5.82 Å². The molecule has 0 fully saturated rings. The van der Waals surface area contributed by atoms with Crippen LogP contribution in [0.2, 0.25) is 0 Å². The maximum absolute atomic E-state index is 5.29. The third kappa shape index (κ3) is 6.10. The number of anilines is 1. The topological polar surface area (TPSA) is 41.9 Å². The number of fused-ring (bicyclic) bond motifs is 1. The molecule has 0 unspecified atom stereocenters. The maximum Gasteiger partial charge on any atom is 0.160 e. The number of nitrogens with zero attached hydrogens (tertiary/aromatic N) is 4. The second kappa shape index (κ2) is 14.1. The van der Waals surface area contributed by atoms with E-state index in [1.165, 1.54) is 5.39 Å². The Balaban J connectivity index is 1.14. The molecular formula is C50H36N4. The number of benzene rings is 6. The molecule has 3 heterocycles. The summed E-state index contributed by atoms with van der Waals surface area (Å²) in [5.41, 5.74) is 13.1. The van der Waals surface area contributed by atoms with Crippen molar-refractivity contribution in [3.05, 3.63) is 206 Å². The van der Waals surface area contributed by atoms with E-state index < -0.39 is 0 Å². The third-order valence-electron chi connectivity index (χ3n) is 9.99. The lowest BCUT2D eigenvalue weighted by Gasteiger charge is -2.25. The van der Waals surface area contributed by atoms with E-state index in [-0.39, 0.29) is 0 Å². The molecule has 0 saturated heterocycles. The van der Waals surface area contributed by atoms with Crippen molar-refractivity contribution >= 4 is 16.6 Å². The Morgan fingerprint density at radius 3 is 1.61 bits per heavy atom. The molecule has 9 rings (SSSR count). The molecule has 1 aliphatic rings. The molecule has 54 heavy (non-hydrogen) atoms. The van der Waals surface area contributed by atoms with Crippen LogP contribution in [-0.4, -0.2) is 15.0 Å². The average Bonchev–Trinajstić information content (AvgIpc) is 3.25. The van der Waals surface area contributed by atoms with E-state index in [9.17, 15) is 0 Å². The lowest BCUT2D eigenvalue weighted by Crippen LogP contribution is -2.18. The minimum Gasteiger partial charge on any atom is -0.302 e. The van der Waals surface area contributed by atoms with Gasteiger partial charge in [0.1, 0.15) is 5.82 Å². The Morgan fingerprint density at radius 2 is 0.981 bits per heavy atom. The van der Waals surface area contributed by atoms with Crippen LogP contribution in [0, 0.1) is 6.92 Å². The van der Waals surface area contributed by atoms with Gasteiger partial charge in [0.25, 0.3) is 0 Å². The first-order valence-corrected chi connectivity index (χ1v) is 18.1. The number of allylic oxidation sites excluding steroid dienone is 3. The number of hydrogen-bond acceptors (Lipinski definition) is 4. The molecule has 6 aromatic carbocycles. The fraction of sp³-hybridized carbons (Fsp3) is 0.0200. The van der Waals surface area contributed by atoms with Gasteiger partial charge in [0.05, 0.1) is 17.1 Å².